The van der Waals surface area contributed by atoms with E-state index in [-0.39, 0.29) is 17.0 Å². The SMILES string of the molecule is Cc1cc([N+](=O)[O-])ccc1NC(=O)c1cn(-c2ccccc2)nc1C12CC3CC(CC(C3)C1)C2. The average Bonchev–Trinajstić information content (AvgIpc) is 3.27. The summed E-state index contributed by atoms with van der Waals surface area (Å²) in [5, 5.41) is 19.2. The molecule has 4 bridgehead atoms. The van der Waals surface area contributed by atoms with Crippen molar-refractivity contribution in [1.82, 2.24) is 9.78 Å². The number of hydrogen-bond donors (Lipinski definition) is 1. The van der Waals surface area contributed by atoms with Crippen LogP contribution in [-0.2, 0) is 5.41 Å². The van der Waals surface area contributed by atoms with Gasteiger partial charge in [0.05, 0.1) is 21.9 Å². The number of aryl methyl sites for hydroxylation is 1. The fourth-order valence-corrected chi connectivity index (χ4v) is 7.14. The zero-order valence-corrected chi connectivity index (χ0v) is 19.2. The van der Waals surface area contributed by atoms with Gasteiger partial charge in [0.1, 0.15) is 0 Å². The number of nitro groups is 1. The van der Waals surface area contributed by atoms with Crippen LogP contribution in [0.15, 0.2) is 54.7 Å². The molecule has 0 unspecified atom stereocenters. The topological polar surface area (TPSA) is 90.1 Å². The Balaban J connectivity index is 1.40. The molecule has 4 aliphatic carbocycles. The van der Waals surface area contributed by atoms with Crippen LogP contribution in [-0.4, -0.2) is 20.6 Å². The summed E-state index contributed by atoms with van der Waals surface area (Å²) in [6, 6.07) is 14.4. The number of nitro benzene ring substituents is 1. The van der Waals surface area contributed by atoms with Crippen molar-refractivity contribution in [3.8, 4) is 5.69 Å². The van der Waals surface area contributed by atoms with Crippen molar-refractivity contribution in [2.75, 3.05) is 5.32 Å². The fourth-order valence-electron chi connectivity index (χ4n) is 7.14. The Morgan fingerprint density at radius 1 is 1.06 bits per heavy atom. The third-order valence-electron chi connectivity index (χ3n) is 8.19. The summed E-state index contributed by atoms with van der Waals surface area (Å²) in [6.07, 6.45) is 9.16. The molecule has 0 atom stereocenters. The number of para-hydroxylation sites is 1. The zero-order valence-electron chi connectivity index (χ0n) is 19.2. The first kappa shape index (κ1) is 21.1. The molecule has 2 aromatic carbocycles. The summed E-state index contributed by atoms with van der Waals surface area (Å²) in [5.74, 6) is 2.01. The summed E-state index contributed by atoms with van der Waals surface area (Å²) in [4.78, 5) is 24.3. The Morgan fingerprint density at radius 3 is 2.29 bits per heavy atom. The van der Waals surface area contributed by atoms with Crippen LogP contribution in [0.4, 0.5) is 11.4 Å². The van der Waals surface area contributed by atoms with Crippen LogP contribution in [0.3, 0.4) is 0 Å². The Labute approximate surface area is 198 Å². The van der Waals surface area contributed by atoms with Gasteiger partial charge >= 0.3 is 0 Å². The van der Waals surface area contributed by atoms with Gasteiger partial charge in [-0.15, -0.1) is 0 Å². The van der Waals surface area contributed by atoms with E-state index < -0.39 is 4.92 Å². The predicted molar refractivity (Wildman–Crippen MR) is 129 cm³/mol. The lowest BCUT2D eigenvalue weighted by Gasteiger charge is -2.56. The number of carbonyl (C=O) groups is 1. The number of carbonyl (C=O) groups excluding carboxylic acids is 1. The Bertz CT molecular complexity index is 1240. The fraction of sp³-hybridized carbons (Fsp3) is 0.407. The van der Waals surface area contributed by atoms with Gasteiger partial charge in [-0.25, -0.2) is 4.68 Å². The van der Waals surface area contributed by atoms with Crippen molar-refractivity contribution in [3.05, 3.63) is 81.7 Å². The summed E-state index contributed by atoms with van der Waals surface area (Å²) in [6.45, 7) is 1.77. The number of rotatable bonds is 5. The van der Waals surface area contributed by atoms with Crippen LogP contribution in [0, 0.1) is 34.8 Å². The van der Waals surface area contributed by atoms with E-state index in [0.717, 1.165) is 48.4 Å². The lowest BCUT2D eigenvalue weighted by molar-refractivity contribution is -0.384. The van der Waals surface area contributed by atoms with Gasteiger partial charge in [0.2, 0.25) is 0 Å². The maximum atomic E-state index is 13.6. The van der Waals surface area contributed by atoms with Crippen LogP contribution >= 0.6 is 0 Å². The lowest BCUT2D eigenvalue weighted by atomic mass is 9.48. The number of benzene rings is 2. The summed E-state index contributed by atoms with van der Waals surface area (Å²) in [7, 11) is 0. The van der Waals surface area contributed by atoms with E-state index in [2.05, 4.69) is 5.32 Å². The summed E-state index contributed by atoms with van der Waals surface area (Å²) in [5.41, 5.74) is 3.69. The molecule has 1 N–H and O–H groups in total. The first-order valence-electron chi connectivity index (χ1n) is 12.1. The minimum absolute atomic E-state index is 0.0154. The van der Waals surface area contributed by atoms with Gasteiger partial charge in [0.15, 0.2) is 0 Å². The van der Waals surface area contributed by atoms with Crippen molar-refractivity contribution in [2.45, 2.75) is 50.9 Å². The smallest absolute Gasteiger partial charge is 0.269 e. The number of aromatic nitrogens is 2. The molecule has 7 rings (SSSR count). The molecule has 0 saturated heterocycles. The Hall–Kier alpha value is -3.48. The second-order valence-corrected chi connectivity index (χ2v) is 10.6. The van der Waals surface area contributed by atoms with E-state index in [0.29, 0.717) is 16.8 Å². The molecular weight excluding hydrogens is 428 g/mol. The van der Waals surface area contributed by atoms with E-state index >= 15 is 0 Å². The summed E-state index contributed by atoms with van der Waals surface area (Å²) >= 11 is 0. The summed E-state index contributed by atoms with van der Waals surface area (Å²) < 4.78 is 1.84. The lowest BCUT2D eigenvalue weighted by Crippen LogP contribution is -2.49. The first-order chi connectivity index (χ1) is 16.4. The van der Waals surface area contributed by atoms with Crippen LogP contribution in [0.25, 0.3) is 5.69 Å². The number of nitrogens with one attached hydrogen (secondary N) is 1. The number of nitrogens with zero attached hydrogens (tertiary/aromatic N) is 3. The van der Waals surface area contributed by atoms with Crippen LogP contribution in [0.2, 0.25) is 0 Å². The average molecular weight is 457 g/mol. The standard InChI is InChI=1S/C27H28N4O3/c1-17-9-22(31(33)34)7-8-24(17)28-26(32)23-16-30(21-5-3-2-4-6-21)29-25(23)27-13-18-10-19(14-27)12-20(11-18)15-27/h2-9,16,18-20H,10-15H2,1H3,(H,28,32). The van der Waals surface area contributed by atoms with Crippen molar-refractivity contribution in [1.29, 1.82) is 0 Å². The van der Waals surface area contributed by atoms with Gasteiger partial charge < -0.3 is 5.32 Å². The third kappa shape index (κ3) is 3.50. The van der Waals surface area contributed by atoms with Crippen LogP contribution in [0.5, 0.6) is 0 Å². The van der Waals surface area contributed by atoms with Crippen LogP contribution in [0.1, 0.15) is 60.1 Å². The molecule has 1 aromatic heterocycles. The molecule has 7 heteroatoms. The highest BCUT2D eigenvalue weighted by molar-refractivity contribution is 6.05. The largest absolute Gasteiger partial charge is 0.322 e. The van der Waals surface area contributed by atoms with E-state index in [1.807, 2.05) is 41.2 Å². The van der Waals surface area contributed by atoms with Gasteiger partial charge in [-0.2, -0.15) is 5.10 Å². The molecule has 4 aliphatic rings. The molecule has 1 amide bonds. The Morgan fingerprint density at radius 2 is 1.71 bits per heavy atom. The molecule has 7 nitrogen and oxygen atoms in total. The highest BCUT2D eigenvalue weighted by Crippen LogP contribution is 2.61. The van der Waals surface area contributed by atoms with E-state index in [1.54, 1.807) is 13.0 Å². The van der Waals surface area contributed by atoms with Gasteiger partial charge in [-0.3, -0.25) is 14.9 Å². The maximum Gasteiger partial charge on any atom is 0.269 e. The molecule has 0 aliphatic heterocycles. The number of hydrogen-bond acceptors (Lipinski definition) is 4. The van der Waals surface area contributed by atoms with Crippen molar-refractivity contribution >= 4 is 17.3 Å². The minimum Gasteiger partial charge on any atom is -0.322 e. The first-order valence-corrected chi connectivity index (χ1v) is 12.1. The molecule has 1 heterocycles. The second kappa shape index (κ2) is 7.79. The maximum absolute atomic E-state index is 13.6. The zero-order chi connectivity index (χ0) is 23.4. The predicted octanol–water partition coefficient (Wildman–Crippen LogP) is 5.81. The van der Waals surface area contributed by atoms with Crippen molar-refractivity contribution in [3.63, 3.8) is 0 Å². The highest BCUT2D eigenvalue weighted by Gasteiger charge is 2.53. The van der Waals surface area contributed by atoms with Gasteiger partial charge in [0, 0.05) is 29.4 Å². The molecular formula is C27H28N4O3. The molecule has 0 radical (unpaired) electrons. The number of anilines is 1. The number of amides is 1. The Kier molecular flexibility index (Phi) is 4.83. The normalized spacial score (nSPS) is 27.0. The quantitative estimate of drug-likeness (QED) is 0.387. The van der Waals surface area contributed by atoms with Gasteiger partial charge in [0.25, 0.3) is 11.6 Å². The second-order valence-electron chi connectivity index (χ2n) is 10.6. The molecule has 3 aromatic rings. The molecule has 4 fully saturated rings. The molecule has 174 valence electrons. The highest BCUT2D eigenvalue weighted by atomic mass is 16.6. The van der Waals surface area contributed by atoms with Gasteiger partial charge in [-0.05, 0) is 87.0 Å². The van der Waals surface area contributed by atoms with Crippen LogP contribution < -0.4 is 5.32 Å². The molecule has 4 saturated carbocycles. The monoisotopic (exact) mass is 456 g/mol. The van der Waals surface area contributed by atoms with E-state index in [1.165, 1.54) is 31.4 Å². The van der Waals surface area contributed by atoms with Crippen molar-refractivity contribution in [2.24, 2.45) is 17.8 Å². The molecule has 0 spiro atoms. The van der Waals surface area contributed by atoms with Gasteiger partial charge in [-0.1, -0.05) is 18.2 Å². The minimum atomic E-state index is -0.423. The van der Waals surface area contributed by atoms with E-state index in [4.69, 9.17) is 5.10 Å². The number of non-ortho nitro benzene ring substituents is 1. The third-order valence-corrected chi connectivity index (χ3v) is 8.19. The van der Waals surface area contributed by atoms with Crippen molar-refractivity contribution < 1.29 is 9.72 Å². The molecule has 34 heavy (non-hydrogen) atoms. The van der Waals surface area contributed by atoms with E-state index in [9.17, 15) is 14.9 Å².